The van der Waals surface area contributed by atoms with Crippen LogP contribution < -0.4 is 0 Å². The monoisotopic (exact) mass is 220 g/mol. The predicted octanol–water partition coefficient (Wildman–Crippen LogP) is 4.67. The topological polar surface area (TPSA) is 0 Å². The predicted molar refractivity (Wildman–Crippen MR) is 74.9 cm³/mol. The highest BCUT2D eigenvalue weighted by molar-refractivity contribution is 5.51. The Morgan fingerprint density at radius 3 is 2.00 bits per heavy atom. The van der Waals surface area contributed by atoms with E-state index in [2.05, 4.69) is 55.1 Å². The van der Waals surface area contributed by atoms with Crippen molar-refractivity contribution in [1.82, 2.24) is 0 Å². The van der Waals surface area contributed by atoms with Crippen LogP contribution in [0.3, 0.4) is 0 Å². The molecule has 0 spiro atoms. The number of hydrogen-bond acceptors (Lipinski definition) is 0. The second-order valence-corrected chi connectivity index (χ2v) is 3.94. The van der Waals surface area contributed by atoms with Gasteiger partial charge in [0.05, 0.1) is 0 Å². The van der Waals surface area contributed by atoms with Gasteiger partial charge in [0.25, 0.3) is 0 Å². The van der Waals surface area contributed by atoms with Crippen LogP contribution in [0.15, 0.2) is 79.4 Å². The Bertz CT molecular complexity index is 480. The summed E-state index contributed by atoms with van der Waals surface area (Å²) in [5.41, 5.74) is 2.49. The van der Waals surface area contributed by atoms with Gasteiger partial charge in [-0.15, -0.1) is 6.58 Å². The lowest BCUT2D eigenvalue weighted by Crippen LogP contribution is -1.89. The maximum absolute atomic E-state index is 3.90. The lowest BCUT2D eigenvalue weighted by Gasteiger charge is -2.07. The van der Waals surface area contributed by atoms with E-state index in [1.54, 1.807) is 0 Å². The van der Waals surface area contributed by atoms with Crippen LogP contribution >= 0.6 is 0 Å². The van der Waals surface area contributed by atoms with E-state index in [9.17, 15) is 0 Å². The van der Waals surface area contributed by atoms with Gasteiger partial charge in [0.2, 0.25) is 0 Å². The Hall–Kier alpha value is -2.08. The SMILES string of the molecule is C=CC(C=Cc1ccccc1)c1ccccc1. The Kier molecular flexibility index (Phi) is 3.93. The lowest BCUT2D eigenvalue weighted by molar-refractivity contribution is 1.09. The zero-order valence-corrected chi connectivity index (χ0v) is 9.79. The fraction of sp³-hybridized carbons (Fsp3) is 0.0588. The van der Waals surface area contributed by atoms with Gasteiger partial charge in [-0.25, -0.2) is 0 Å². The minimum atomic E-state index is 0.274. The minimum absolute atomic E-state index is 0.274. The molecule has 17 heavy (non-hydrogen) atoms. The summed E-state index contributed by atoms with van der Waals surface area (Å²) in [6, 6.07) is 20.7. The van der Waals surface area contributed by atoms with Crippen LogP contribution in [0.2, 0.25) is 0 Å². The van der Waals surface area contributed by atoms with Crippen molar-refractivity contribution < 1.29 is 0 Å². The molecule has 2 rings (SSSR count). The summed E-state index contributed by atoms with van der Waals surface area (Å²) in [4.78, 5) is 0. The quantitative estimate of drug-likeness (QED) is 0.657. The minimum Gasteiger partial charge on any atom is -0.102 e. The van der Waals surface area contributed by atoms with Crippen molar-refractivity contribution in [3.63, 3.8) is 0 Å². The van der Waals surface area contributed by atoms with Gasteiger partial charge in [-0.1, -0.05) is 78.9 Å². The molecule has 0 saturated heterocycles. The summed E-state index contributed by atoms with van der Waals surface area (Å²) in [5.74, 6) is 0.274. The summed E-state index contributed by atoms with van der Waals surface area (Å²) in [7, 11) is 0. The molecule has 84 valence electrons. The average Bonchev–Trinajstić information content (AvgIpc) is 2.42. The smallest absolute Gasteiger partial charge is 0.0199 e. The van der Waals surface area contributed by atoms with Crippen LogP contribution in [0.25, 0.3) is 6.08 Å². The molecule has 0 heteroatoms. The van der Waals surface area contributed by atoms with E-state index >= 15 is 0 Å². The van der Waals surface area contributed by atoms with Crippen molar-refractivity contribution in [3.8, 4) is 0 Å². The van der Waals surface area contributed by atoms with Crippen molar-refractivity contribution in [2.24, 2.45) is 0 Å². The maximum atomic E-state index is 3.90. The summed E-state index contributed by atoms with van der Waals surface area (Å²) in [6.45, 7) is 3.90. The first-order chi connectivity index (χ1) is 8.40. The molecule has 0 heterocycles. The van der Waals surface area contributed by atoms with Crippen LogP contribution in [0.5, 0.6) is 0 Å². The zero-order valence-electron chi connectivity index (χ0n) is 9.79. The third kappa shape index (κ3) is 3.18. The second-order valence-electron chi connectivity index (χ2n) is 3.94. The third-order valence-corrected chi connectivity index (χ3v) is 2.73. The lowest BCUT2D eigenvalue weighted by atomic mass is 9.98. The first kappa shape index (κ1) is 11.4. The molecule has 2 aromatic rings. The standard InChI is InChI=1S/C17H16/c1-2-16(17-11-7-4-8-12-17)14-13-15-9-5-3-6-10-15/h2-14,16H,1H2. The summed E-state index contributed by atoms with van der Waals surface area (Å²) in [5, 5.41) is 0. The molecule has 0 bridgehead atoms. The van der Waals surface area contributed by atoms with E-state index in [0.29, 0.717) is 0 Å². The van der Waals surface area contributed by atoms with Gasteiger partial charge in [-0.2, -0.15) is 0 Å². The maximum Gasteiger partial charge on any atom is 0.0199 e. The molecular formula is C17H16. The molecule has 0 aliphatic carbocycles. The van der Waals surface area contributed by atoms with Gasteiger partial charge in [0.1, 0.15) is 0 Å². The molecule has 1 atom stereocenters. The number of rotatable bonds is 4. The molecule has 0 aliphatic heterocycles. The third-order valence-electron chi connectivity index (χ3n) is 2.73. The van der Waals surface area contributed by atoms with Gasteiger partial charge >= 0.3 is 0 Å². The van der Waals surface area contributed by atoms with Crippen molar-refractivity contribution in [3.05, 3.63) is 90.5 Å². The number of benzene rings is 2. The molecule has 0 N–H and O–H groups in total. The van der Waals surface area contributed by atoms with Crippen molar-refractivity contribution >= 4 is 6.08 Å². The van der Waals surface area contributed by atoms with Crippen molar-refractivity contribution in [2.75, 3.05) is 0 Å². The van der Waals surface area contributed by atoms with Crippen molar-refractivity contribution in [2.45, 2.75) is 5.92 Å². The first-order valence-corrected chi connectivity index (χ1v) is 5.81. The van der Waals surface area contributed by atoms with E-state index < -0.39 is 0 Å². The molecular weight excluding hydrogens is 204 g/mol. The molecule has 1 unspecified atom stereocenters. The fourth-order valence-corrected chi connectivity index (χ4v) is 1.78. The second kappa shape index (κ2) is 5.86. The zero-order chi connectivity index (χ0) is 11.9. The van der Waals surface area contributed by atoms with Gasteiger partial charge in [-0.3, -0.25) is 0 Å². The number of allylic oxidation sites excluding steroid dienone is 2. The highest BCUT2D eigenvalue weighted by Crippen LogP contribution is 2.19. The van der Waals surface area contributed by atoms with Gasteiger partial charge in [0, 0.05) is 5.92 Å². The average molecular weight is 220 g/mol. The molecule has 0 fully saturated rings. The highest BCUT2D eigenvalue weighted by Gasteiger charge is 2.01. The Morgan fingerprint density at radius 2 is 1.41 bits per heavy atom. The van der Waals surface area contributed by atoms with Crippen LogP contribution in [0.4, 0.5) is 0 Å². The largest absolute Gasteiger partial charge is 0.102 e. The van der Waals surface area contributed by atoms with E-state index in [1.807, 2.05) is 30.3 Å². The van der Waals surface area contributed by atoms with Crippen LogP contribution in [-0.2, 0) is 0 Å². The molecule has 0 aliphatic rings. The van der Waals surface area contributed by atoms with Gasteiger partial charge in [0.15, 0.2) is 0 Å². The Morgan fingerprint density at radius 1 is 0.824 bits per heavy atom. The van der Waals surface area contributed by atoms with E-state index in [1.165, 1.54) is 11.1 Å². The molecule has 2 aromatic carbocycles. The van der Waals surface area contributed by atoms with E-state index in [-0.39, 0.29) is 5.92 Å². The highest BCUT2D eigenvalue weighted by atomic mass is 14.1. The Labute approximate surface area is 103 Å². The normalized spacial score (nSPS) is 12.5. The molecule has 0 saturated carbocycles. The van der Waals surface area contributed by atoms with Crippen LogP contribution in [0, 0.1) is 0 Å². The summed E-state index contributed by atoms with van der Waals surface area (Å²) < 4.78 is 0. The van der Waals surface area contributed by atoms with Crippen LogP contribution in [0.1, 0.15) is 17.0 Å². The summed E-state index contributed by atoms with van der Waals surface area (Å²) in [6.07, 6.45) is 6.28. The summed E-state index contributed by atoms with van der Waals surface area (Å²) >= 11 is 0. The fourth-order valence-electron chi connectivity index (χ4n) is 1.78. The first-order valence-electron chi connectivity index (χ1n) is 5.81. The number of hydrogen-bond donors (Lipinski definition) is 0. The molecule has 0 nitrogen and oxygen atoms in total. The molecule has 0 amide bonds. The van der Waals surface area contributed by atoms with Crippen molar-refractivity contribution in [1.29, 1.82) is 0 Å². The molecule has 0 radical (unpaired) electrons. The van der Waals surface area contributed by atoms with Gasteiger partial charge < -0.3 is 0 Å². The van der Waals surface area contributed by atoms with E-state index in [4.69, 9.17) is 0 Å². The Balaban J connectivity index is 2.16. The van der Waals surface area contributed by atoms with Gasteiger partial charge in [-0.05, 0) is 11.1 Å². The van der Waals surface area contributed by atoms with E-state index in [0.717, 1.165) is 0 Å². The van der Waals surface area contributed by atoms with Crippen LogP contribution in [-0.4, -0.2) is 0 Å². The molecule has 0 aromatic heterocycles.